The smallest absolute Gasteiger partial charge is 0.320 e. The quantitative estimate of drug-likeness (QED) is 0.601. The highest BCUT2D eigenvalue weighted by Gasteiger charge is 2.15. The number of carboxylic acid groups (broad SMARTS) is 1. The van der Waals surface area contributed by atoms with Crippen LogP contribution in [0.25, 0.3) is 0 Å². The van der Waals surface area contributed by atoms with Crippen molar-refractivity contribution in [3.8, 4) is 0 Å². The van der Waals surface area contributed by atoms with Gasteiger partial charge in [-0.1, -0.05) is 39.0 Å². The van der Waals surface area contributed by atoms with E-state index in [-0.39, 0.29) is 6.04 Å². The van der Waals surface area contributed by atoms with E-state index in [0.29, 0.717) is 0 Å². The van der Waals surface area contributed by atoms with Crippen molar-refractivity contribution in [1.82, 2.24) is 4.90 Å². The Morgan fingerprint density at radius 1 is 1.20 bits per heavy atom. The molecule has 0 heterocycles. The van der Waals surface area contributed by atoms with Gasteiger partial charge in [0.05, 0.1) is 0 Å². The van der Waals surface area contributed by atoms with Gasteiger partial charge in [0.1, 0.15) is 6.04 Å². The Bertz CT molecular complexity index is 171. The van der Waals surface area contributed by atoms with Crippen LogP contribution >= 0.6 is 0 Å². The number of likely N-dealkylation sites (N-methyl/N-ethyl adjacent to an activating group) is 1. The van der Waals surface area contributed by atoms with E-state index in [1.165, 1.54) is 32.1 Å². The van der Waals surface area contributed by atoms with Crippen molar-refractivity contribution in [2.75, 3.05) is 13.6 Å². The van der Waals surface area contributed by atoms with Crippen molar-refractivity contribution in [3.05, 3.63) is 0 Å². The van der Waals surface area contributed by atoms with Crippen molar-refractivity contribution in [2.45, 2.75) is 58.4 Å². The summed E-state index contributed by atoms with van der Waals surface area (Å²) < 4.78 is 0. The number of hydrogen-bond donors (Lipinski definition) is 1. The van der Waals surface area contributed by atoms with Crippen LogP contribution in [-0.2, 0) is 4.79 Å². The first-order valence-corrected chi connectivity index (χ1v) is 6.02. The molecule has 0 saturated heterocycles. The zero-order valence-corrected chi connectivity index (χ0v) is 10.3. The Morgan fingerprint density at radius 3 is 2.27 bits per heavy atom. The minimum absolute atomic E-state index is 0.361. The first kappa shape index (κ1) is 14.4. The maximum absolute atomic E-state index is 10.7. The second-order valence-electron chi connectivity index (χ2n) is 4.26. The monoisotopic (exact) mass is 215 g/mol. The van der Waals surface area contributed by atoms with Gasteiger partial charge in [0.2, 0.25) is 0 Å². The standard InChI is InChI=1S/C12H25NO2/c1-4-5-6-7-8-9-10-13(3)11(2)12(14)15/h11H,4-10H2,1-3H3,(H,14,15). The summed E-state index contributed by atoms with van der Waals surface area (Å²) in [5.41, 5.74) is 0. The summed E-state index contributed by atoms with van der Waals surface area (Å²) in [7, 11) is 1.88. The highest BCUT2D eigenvalue weighted by molar-refractivity contribution is 5.72. The van der Waals surface area contributed by atoms with E-state index in [1.807, 2.05) is 11.9 Å². The van der Waals surface area contributed by atoms with E-state index >= 15 is 0 Å². The SMILES string of the molecule is CCCCCCCCN(C)C(C)C(=O)O. The molecule has 0 saturated carbocycles. The number of rotatable bonds is 9. The summed E-state index contributed by atoms with van der Waals surface area (Å²) in [6, 6.07) is -0.361. The van der Waals surface area contributed by atoms with Gasteiger partial charge >= 0.3 is 5.97 Å². The molecule has 1 unspecified atom stereocenters. The van der Waals surface area contributed by atoms with Gasteiger partial charge in [-0.3, -0.25) is 9.69 Å². The molecule has 90 valence electrons. The summed E-state index contributed by atoms with van der Waals surface area (Å²) in [5.74, 6) is -0.733. The van der Waals surface area contributed by atoms with Crippen LogP contribution in [0, 0.1) is 0 Å². The van der Waals surface area contributed by atoms with E-state index < -0.39 is 5.97 Å². The van der Waals surface area contributed by atoms with Gasteiger partial charge in [-0.15, -0.1) is 0 Å². The lowest BCUT2D eigenvalue weighted by Crippen LogP contribution is -2.36. The fourth-order valence-corrected chi connectivity index (χ4v) is 1.52. The van der Waals surface area contributed by atoms with Crippen LogP contribution in [0.4, 0.5) is 0 Å². The first-order valence-electron chi connectivity index (χ1n) is 6.02. The van der Waals surface area contributed by atoms with E-state index in [9.17, 15) is 4.79 Å². The lowest BCUT2D eigenvalue weighted by molar-refractivity contribution is -0.142. The summed E-state index contributed by atoms with van der Waals surface area (Å²) in [4.78, 5) is 12.6. The predicted octanol–water partition coefficient (Wildman–Crippen LogP) is 2.75. The van der Waals surface area contributed by atoms with Gasteiger partial charge in [0.25, 0.3) is 0 Å². The molecular formula is C12H25NO2. The largest absolute Gasteiger partial charge is 0.480 e. The summed E-state index contributed by atoms with van der Waals surface area (Å²) in [5, 5.41) is 8.78. The molecule has 1 N–H and O–H groups in total. The third-order valence-electron chi connectivity index (χ3n) is 2.88. The number of hydrogen-bond acceptors (Lipinski definition) is 2. The van der Waals surface area contributed by atoms with Gasteiger partial charge < -0.3 is 5.11 Å². The molecule has 0 rings (SSSR count). The summed E-state index contributed by atoms with van der Waals surface area (Å²) in [6.07, 6.45) is 7.52. The molecular weight excluding hydrogens is 190 g/mol. The minimum atomic E-state index is -0.733. The number of nitrogens with zero attached hydrogens (tertiary/aromatic N) is 1. The zero-order chi connectivity index (χ0) is 11.7. The van der Waals surface area contributed by atoms with Crippen LogP contribution in [0.2, 0.25) is 0 Å². The second-order valence-corrected chi connectivity index (χ2v) is 4.26. The molecule has 0 aromatic rings. The van der Waals surface area contributed by atoms with Crippen molar-refractivity contribution < 1.29 is 9.90 Å². The molecule has 0 aromatic carbocycles. The van der Waals surface area contributed by atoms with Gasteiger partial charge in [-0.2, -0.15) is 0 Å². The Hall–Kier alpha value is -0.570. The van der Waals surface area contributed by atoms with Gasteiger partial charge in [0, 0.05) is 0 Å². The van der Waals surface area contributed by atoms with Crippen molar-refractivity contribution in [2.24, 2.45) is 0 Å². The molecule has 0 amide bonds. The molecule has 0 bridgehead atoms. The Kier molecular flexibility index (Phi) is 8.38. The maximum atomic E-state index is 10.7. The zero-order valence-electron chi connectivity index (χ0n) is 10.3. The van der Waals surface area contributed by atoms with Crippen LogP contribution in [-0.4, -0.2) is 35.6 Å². The topological polar surface area (TPSA) is 40.5 Å². The number of carbonyl (C=O) groups is 1. The summed E-state index contributed by atoms with van der Waals surface area (Å²) >= 11 is 0. The van der Waals surface area contributed by atoms with E-state index in [4.69, 9.17) is 5.11 Å². The minimum Gasteiger partial charge on any atom is -0.480 e. The molecule has 0 aromatic heterocycles. The fourth-order valence-electron chi connectivity index (χ4n) is 1.52. The molecule has 3 heteroatoms. The van der Waals surface area contributed by atoms with E-state index in [2.05, 4.69) is 6.92 Å². The third kappa shape index (κ3) is 7.37. The third-order valence-corrected chi connectivity index (χ3v) is 2.88. The number of aliphatic carboxylic acids is 1. The van der Waals surface area contributed by atoms with Crippen molar-refractivity contribution in [1.29, 1.82) is 0 Å². The van der Waals surface area contributed by atoms with Gasteiger partial charge in [-0.25, -0.2) is 0 Å². The highest BCUT2D eigenvalue weighted by Crippen LogP contribution is 2.06. The van der Waals surface area contributed by atoms with E-state index in [1.54, 1.807) is 6.92 Å². The molecule has 3 nitrogen and oxygen atoms in total. The van der Waals surface area contributed by atoms with Crippen molar-refractivity contribution >= 4 is 5.97 Å². The van der Waals surface area contributed by atoms with Crippen molar-refractivity contribution in [3.63, 3.8) is 0 Å². The summed E-state index contributed by atoms with van der Waals surface area (Å²) in [6.45, 7) is 4.83. The van der Waals surface area contributed by atoms with Gasteiger partial charge in [-0.05, 0) is 26.9 Å². The number of unbranched alkanes of at least 4 members (excludes halogenated alkanes) is 5. The molecule has 0 spiro atoms. The van der Waals surface area contributed by atoms with Gasteiger partial charge in [0.15, 0.2) is 0 Å². The Morgan fingerprint density at radius 2 is 1.73 bits per heavy atom. The maximum Gasteiger partial charge on any atom is 0.320 e. The Labute approximate surface area is 93.5 Å². The van der Waals surface area contributed by atoms with E-state index in [0.717, 1.165) is 13.0 Å². The van der Waals surface area contributed by atoms with Crippen LogP contribution in [0.5, 0.6) is 0 Å². The predicted molar refractivity (Wildman–Crippen MR) is 63.1 cm³/mol. The van der Waals surface area contributed by atoms with Crippen LogP contribution in [0.3, 0.4) is 0 Å². The average Bonchev–Trinajstić information content (AvgIpc) is 2.21. The Balaban J connectivity index is 3.38. The normalized spacial score (nSPS) is 13.1. The average molecular weight is 215 g/mol. The molecule has 0 aliphatic carbocycles. The van der Waals surface area contributed by atoms with Crippen LogP contribution < -0.4 is 0 Å². The molecule has 0 aliphatic heterocycles. The van der Waals surface area contributed by atoms with Crippen LogP contribution in [0.15, 0.2) is 0 Å². The second kappa shape index (κ2) is 8.72. The molecule has 0 radical (unpaired) electrons. The molecule has 1 atom stereocenters. The number of carboxylic acids is 1. The molecule has 15 heavy (non-hydrogen) atoms. The fraction of sp³-hybridized carbons (Fsp3) is 0.917. The lowest BCUT2D eigenvalue weighted by Gasteiger charge is -2.20. The van der Waals surface area contributed by atoms with Crippen LogP contribution in [0.1, 0.15) is 52.4 Å². The molecule has 0 fully saturated rings. The molecule has 0 aliphatic rings. The lowest BCUT2D eigenvalue weighted by atomic mass is 10.1. The first-order chi connectivity index (χ1) is 7.09. The highest BCUT2D eigenvalue weighted by atomic mass is 16.4.